The van der Waals surface area contributed by atoms with Gasteiger partial charge >= 0.3 is 0 Å². The fourth-order valence-electron chi connectivity index (χ4n) is 3.90. The minimum atomic E-state index is -0.735. The normalized spacial score (nSPS) is 11.7. The van der Waals surface area contributed by atoms with Crippen LogP contribution in [0.15, 0.2) is 72.8 Å². The largest absolute Gasteiger partial charge is 0.497 e. The summed E-state index contributed by atoms with van der Waals surface area (Å²) in [6.45, 7) is 4.00. The molecule has 2 amide bonds. The molecule has 1 atom stereocenters. The first-order valence-corrected chi connectivity index (χ1v) is 13.6. The first-order valence-electron chi connectivity index (χ1n) is 12.1. The molecule has 0 saturated carbocycles. The lowest BCUT2D eigenvalue weighted by atomic mass is 10.0. The van der Waals surface area contributed by atoms with Crippen LogP contribution < -0.4 is 10.1 Å². The van der Waals surface area contributed by atoms with E-state index in [9.17, 15) is 14.0 Å². The molecule has 0 heterocycles. The van der Waals surface area contributed by atoms with E-state index in [4.69, 9.17) is 16.3 Å². The summed E-state index contributed by atoms with van der Waals surface area (Å²) in [5.41, 5.74) is 2.14. The summed E-state index contributed by atoms with van der Waals surface area (Å²) in [5, 5.41) is 3.30. The fraction of sp³-hybridized carbons (Fsp3) is 0.310. The highest BCUT2D eigenvalue weighted by molar-refractivity contribution is 7.99. The number of carbonyl (C=O) groups excluding carboxylic acids is 2. The first kappa shape index (κ1) is 28.5. The minimum absolute atomic E-state index is 0.0644. The number of thioether (sulfide) groups is 1. The molecule has 37 heavy (non-hydrogen) atoms. The van der Waals surface area contributed by atoms with E-state index in [2.05, 4.69) is 5.32 Å². The Hall–Kier alpha value is -3.03. The van der Waals surface area contributed by atoms with Gasteiger partial charge in [0.1, 0.15) is 17.6 Å². The van der Waals surface area contributed by atoms with E-state index in [-0.39, 0.29) is 35.9 Å². The van der Waals surface area contributed by atoms with E-state index in [1.165, 1.54) is 17.8 Å². The molecule has 3 aromatic rings. The van der Waals surface area contributed by atoms with Crippen molar-refractivity contribution in [2.24, 2.45) is 0 Å². The van der Waals surface area contributed by atoms with Crippen LogP contribution in [0.3, 0.4) is 0 Å². The van der Waals surface area contributed by atoms with Crippen LogP contribution in [0.4, 0.5) is 4.39 Å². The number of benzene rings is 3. The van der Waals surface area contributed by atoms with Gasteiger partial charge in [0.2, 0.25) is 11.8 Å². The number of methoxy groups -OCH3 is 1. The van der Waals surface area contributed by atoms with Crippen molar-refractivity contribution in [1.82, 2.24) is 10.2 Å². The Labute approximate surface area is 227 Å². The van der Waals surface area contributed by atoms with Gasteiger partial charge in [-0.3, -0.25) is 9.59 Å². The van der Waals surface area contributed by atoms with Gasteiger partial charge in [0.15, 0.2) is 0 Å². The van der Waals surface area contributed by atoms with E-state index >= 15 is 0 Å². The monoisotopic (exact) mass is 542 g/mol. The lowest BCUT2D eigenvalue weighted by molar-refractivity contribution is -0.139. The first-order chi connectivity index (χ1) is 17.8. The molecule has 5 nitrogen and oxygen atoms in total. The summed E-state index contributed by atoms with van der Waals surface area (Å²) in [4.78, 5) is 28.7. The van der Waals surface area contributed by atoms with Crippen molar-refractivity contribution in [1.29, 1.82) is 0 Å². The molecule has 0 saturated heterocycles. The SMILES string of the molecule is COc1cccc(CN(C(=O)CSCc2c(F)cccc2Cl)[C@@H](Cc2ccccc2)C(=O)NC(C)C)c1. The molecule has 0 unspecified atom stereocenters. The Balaban J connectivity index is 1.88. The van der Waals surface area contributed by atoms with E-state index in [1.807, 2.05) is 68.4 Å². The Morgan fingerprint density at radius 2 is 1.73 bits per heavy atom. The molecular formula is C29H32ClFN2O3S. The van der Waals surface area contributed by atoms with E-state index in [1.54, 1.807) is 24.1 Å². The highest BCUT2D eigenvalue weighted by Crippen LogP contribution is 2.25. The van der Waals surface area contributed by atoms with Crippen LogP contribution in [0.5, 0.6) is 5.75 Å². The Kier molecular flexibility index (Phi) is 10.8. The van der Waals surface area contributed by atoms with Gasteiger partial charge in [-0.2, -0.15) is 0 Å². The average Bonchev–Trinajstić information content (AvgIpc) is 2.88. The second-order valence-electron chi connectivity index (χ2n) is 8.93. The average molecular weight is 543 g/mol. The quantitative estimate of drug-likeness (QED) is 0.310. The van der Waals surface area contributed by atoms with E-state index < -0.39 is 11.9 Å². The van der Waals surface area contributed by atoms with Crippen LogP contribution in [0.1, 0.15) is 30.5 Å². The van der Waals surface area contributed by atoms with Crippen molar-refractivity contribution in [3.05, 3.63) is 100 Å². The highest BCUT2D eigenvalue weighted by Gasteiger charge is 2.30. The Bertz CT molecular complexity index is 1170. The van der Waals surface area contributed by atoms with Crippen LogP contribution in [0, 0.1) is 5.82 Å². The second-order valence-corrected chi connectivity index (χ2v) is 10.3. The summed E-state index contributed by atoms with van der Waals surface area (Å²) in [6, 6.07) is 20.8. The van der Waals surface area contributed by atoms with Crippen LogP contribution in [-0.4, -0.2) is 41.7 Å². The summed E-state index contributed by atoms with van der Waals surface area (Å²) >= 11 is 7.43. The molecule has 0 bridgehead atoms. The molecule has 196 valence electrons. The molecule has 0 aromatic heterocycles. The van der Waals surface area contributed by atoms with Crippen LogP contribution in [0.2, 0.25) is 5.02 Å². The summed E-state index contributed by atoms with van der Waals surface area (Å²) in [7, 11) is 1.58. The van der Waals surface area contributed by atoms with Gasteiger partial charge in [-0.25, -0.2) is 4.39 Å². The maximum absolute atomic E-state index is 14.2. The zero-order chi connectivity index (χ0) is 26.8. The minimum Gasteiger partial charge on any atom is -0.497 e. The van der Waals surface area contributed by atoms with Gasteiger partial charge < -0.3 is 15.0 Å². The molecule has 0 aliphatic carbocycles. The maximum atomic E-state index is 14.2. The number of halogens is 2. The molecule has 0 fully saturated rings. The summed E-state index contributed by atoms with van der Waals surface area (Å²) < 4.78 is 19.6. The van der Waals surface area contributed by atoms with E-state index in [0.29, 0.717) is 22.8 Å². The van der Waals surface area contributed by atoms with Crippen molar-refractivity contribution in [2.75, 3.05) is 12.9 Å². The fourth-order valence-corrected chi connectivity index (χ4v) is 5.14. The number of carbonyl (C=O) groups is 2. The molecular weight excluding hydrogens is 511 g/mol. The van der Waals surface area contributed by atoms with Gasteiger partial charge in [-0.05, 0) is 49.2 Å². The van der Waals surface area contributed by atoms with Gasteiger partial charge in [-0.15, -0.1) is 11.8 Å². The van der Waals surface area contributed by atoms with Crippen LogP contribution in [-0.2, 0) is 28.3 Å². The smallest absolute Gasteiger partial charge is 0.243 e. The number of hydrogen-bond donors (Lipinski definition) is 1. The van der Waals surface area contributed by atoms with Crippen molar-refractivity contribution >= 4 is 35.2 Å². The molecule has 8 heteroatoms. The third kappa shape index (κ3) is 8.51. The zero-order valence-electron chi connectivity index (χ0n) is 21.2. The topological polar surface area (TPSA) is 58.6 Å². The standard InChI is InChI=1S/C29H32ClFN2O3S/c1-20(2)32-29(35)27(16-21-9-5-4-6-10-21)33(17-22-11-7-12-23(15-22)36-3)28(34)19-37-18-24-25(30)13-8-14-26(24)31/h4-15,20,27H,16-19H2,1-3H3,(H,32,35)/t27-/m0/s1. The zero-order valence-corrected chi connectivity index (χ0v) is 22.8. The highest BCUT2D eigenvalue weighted by atomic mass is 35.5. The number of amides is 2. The van der Waals surface area contributed by atoms with Crippen molar-refractivity contribution in [2.45, 2.75) is 44.6 Å². The summed E-state index contributed by atoms with van der Waals surface area (Å²) in [6.07, 6.45) is 0.360. The number of hydrogen-bond acceptors (Lipinski definition) is 4. The number of ether oxygens (including phenoxy) is 1. The van der Waals surface area contributed by atoms with Gasteiger partial charge in [0.25, 0.3) is 0 Å². The number of nitrogens with zero attached hydrogens (tertiary/aromatic N) is 1. The molecule has 3 aromatic carbocycles. The molecule has 0 spiro atoms. The predicted molar refractivity (Wildman–Crippen MR) is 148 cm³/mol. The van der Waals surface area contributed by atoms with Crippen LogP contribution in [0.25, 0.3) is 0 Å². The van der Waals surface area contributed by atoms with Gasteiger partial charge in [0, 0.05) is 35.3 Å². The lowest BCUT2D eigenvalue weighted by Gasteiger charge is -2.32. The predicted octanol–water partition coefficient (Wildman–Crippen LogP) is 5.89. The number of nitrogens with one attached hydrogen (secondary N) is 1. The molecule has 0 aliphatic rings. The van der Waals surface area contributed by atoms with Gasteiger partial charge in [0.05, 0.1) is 12.9 Å². The Morgan fingerprint density at radius 1 is 1.03 bits per heavy atom. The number of rotatable bonds is 12. The molecule has 1 N–H and O–H groups in total. The molecule has 0 radical (unpaired) electrons. The molecule has 3 rings (SSSR count). The second kappa shape index (κ2) is 14.1. The van der Waals surface area contributed by atoms with Crippen molar-refractivity contribution in [3.8, 4) is 5.75 Å². The third-order valence-electron chi connectivity index (χ3n) is 5.72. The van der Waals surface area contributed by atoms with Crippen molar-refractivity contribution in [3.63, 3.8) is 0 Å². The maximum Gasteiger partial charge on any atom is 0.243 e. The van der Waals surface area contributed by atoms with E-state index in [0.717, 1.165) is 11.1 Å². The van der Waals surface area contributed by atoms with Crippen molar-refractivity contribution < 1.29 is 18.7 Å². The summed E-state index contributed by atoms with van der Waals surface area (Å²) in [5.74, 6) is 0.122. The third-order valence-corrected chi connectivity index (χ3v) is 7.02. The molecule has 0 aliphatic heterocycles. The Morgan fingerprint density at radius 3 is 2.41 bits per heavy atom. The lowest BCUT2D eigenvalue weighted by Crippen LogP contribution is -2.52. The van der Waals surface area contributed by atoms with Crippen LogP contribution >= 0.6 is 23.4 Å². The van der Waals surface area contributed by atoms with Gasteiger partial charge in [-0.1, -0.05) is 60.1 Å².